The second-order valence-corrected chi connectivity index (χ2v) is 4.50. The summed E-state index contributed by atoms with van der Waals surface area (Å²) >= 11 is 5.87. The van der Waals surface area contributed by atoms with Gasteiger partial charge in [-0.05, 0) is 20.3 Å². The van der Waals surface area contributed by atoms with Crippen molar-refractivity contribution in [1.29, 1.82) is 0 Å². The van der Waals surface area contributed by atoms with Crippen molar-refractivity contribution < 1.29 is 9.90 Å². The fraction of sp³-hybridized carbons (Fsp3) is 0.545. The van der Waals surface area contributed by atoms with Gasteiger partial charge in [-0.3, -0.25) is 4.79 Å². The molecule has 0 saturated heterocycles. The van der Waals surface area contributed by atoms with Crippen LogP contribution in [-0.4, -0.2) is 33.5 Å². The molecule has 1 atom stereocenters. The minimum absolute atomic E-state index is 0.0670. The van der Waals surface area contributed by atoms with E-state index in [0.29, 0.717) is 24.3 Å². The van der Waals surface area contributed by atoms with Gasteiger partial charge in [0.2, 0.25) is 0 Å². The molecule has 0 saturated carbocycles. The molecule has 1 aromatic rings. The SMILES string of the molecule is CCC(C)(CO)Nc1nc(C)nc(Cl)c1C=O. The Morgan fingerprint density at radius 3 is 2.65 bits per heavy atom. The molecule has 1 unspecified atom stereocenters. The normalized spacial score (nSPS) is 14.2. The lowest BCUT2D eigenvalue weighted by Crippen LogP contribution is -2.38. The highest BCUT2D eigenvalue weighted by Crippen LogP contribution is 2.23. The number of carbonyl (C=O) groups excluding carboxylic acids is 1. The number of nitrogens with zero attached hydrogens (tertiary/aromatic N) is 2. The van der Waals surface area contributed by atoms with Crippen LogP contribution < -0.4 is 5.32 Å². The molecule has 0 spiro atoms. The molecular formula is C11H16ClN3O2. The minimum Gasteiger partial charge on any atom is -0.394 e. The maximum Gasteiger partial charge on any atom is 0.156 e. The van der Waals surface area contributed by atoms with Crippen LogP contribution in [0.2, 0.25) is 5.15 Å². The van der Waals surface area contributed by atoms with Gasteiger partial charge >= 0.3 is 0 Å². The van der Waals surface area contributed by atoms with Crippen LogP contribution in [-0.2, 0) is 0 Å². The first-order valence-corrected chi connectivity index (χ1v) is 5.72. The summed E-state index contributed by atoms with van der Waals surface area (Å²) in [6.07, 6.45) is 1.29. The Labute approximate surface area is 105 Å². The van der Waals surface area contributed by atoms with E-state index in [4.69, 9.17) is 11.6 Å². The lowest BCUT2D eigenvalue weighted by molar-refractivity contribution is 0.112. The summed E-state index contributed by atoms with van der Waals surface area (Å²) in [7, 11) is 0. The van der Waals surface area contributed by atoms with Gasteiger partial charge in [-0.25, -0.2) is 9.97 Å². The number of aromatic nitrogens is 2. The van der Waals surface area contributed by atoms with E-state index in [9.17, 15) is 9.90 Å². The third-order valence-electron chi connectivity index (χ3n) is 2.68. The summed E-state index contributed by atoms with van der Waals surface area (Å²) in [6.45, 7) is 5.39. The first kappa shape index (κ1) is 13.9. The number of hydrogen-bond acceptors (Lipinski definition) is 5. The summed E-state index contributed by atoms with van der Waals surface area (Å²) in [5.41, 5.74) is -0.326. The van der Waals surface area contributed by atoms with Crippen LogP contribution >= 0.6 is 11.6 Å². The molecule has 0 aliphatic heterocycles. The molecule has 0 fully saturated rings. The Morgan fingerprint density at radius 1 is 1.53 bits per heavy atom. The molecular weight excluding hydrogens is 242 g/mol. The van der Waals surface area contributed by atoms with Gasteiger partial charge in [0.05, 0.1) is 17.7 Å². The van der Waals surface area contributed by atoms with E-state index in [1.165, 1.54) is 0 Å². The molecule has 94 valence electrons. The number of hydrogen-bond donors (Lipinski definition) is 2. The Bertz CT molecular complexity index is 419. The number of aliphatic hydroxyl groups excluding tert-OH is 1. The van der Waals surface area contributed by atoms with E-state index in [1.54, 1.807) is 6.92 Å². The summed E-state index contributed by atoms with van der Waals surface area (Å²) < 4.78 is 0. The van der Waals surface area contributed by atoms with Crippen LogP contribution in [0.3, 0.4) is 0 Å². The molecule has 0 aliphatic carbocycles. The lowest BCUT2D eigenvalue weighted by Gasteiger charge is -2.28. The van der Waals surface area contributed by atoms with Crippen LogP contribution in [0.25, 0.3) is 0 Å². The zero-order valence-electron chi connectivity index (χ0n) is 10.1. The van der Waals surface area contributed by atoms with E-state index in [-0.39, 0.29) is 17.3 Å². The zero-order valence-corrected chi connectivity index (χ0v) is 10.9. The predicted molar refractivity (Wildman–Crippen MR) is 66.6 cm³/mol. The second-order valence-electron chi connectivity index (χ2n) is 4.14. The molecule has 17 heavy (non-hydrogen) atoms. The summed E-state index contributed by atoms with van der Waals surface area (Å²) in [5, 5.41) is 12.5. The summed E-state index contributed by atoms with van der Waals surface area (Å²) in [5.74, 6) is 0.829. The van der Waals surface area contributed by atoms with E-state index < -0.39 is 5.54 Å². The van der Waals surface area contributed by atoms with Gasteiger partial charge in [-0.15, -0.1) is 0 Å². The number of nitrogens with one attached hydrogen (secondary N) is 1. The number of carbonyl (C=O) groups is 1. The Balaban J connectivity index is 3.17. The molecule has 6 heteroatoms. The minimum atomic E-state index is -0.540. The molecule has 1 aromatic heterocycles. The Morgan fingerprint density at radius 2 is 2.18 bits per heavy atom. The number of anilines is 1. The monoisotopic (exact) mass is 257 g/mol. The highest BCUT2D eigenvalue weighted by molar-refractivity contribution is 6.32. The molecule has 0 aromatic carbocycles. The maximum atomic E-state index is 11.0. The van der Waals surface area contributed by atoms with Crippen LogP contribution in [0.5, 0.6) is 0 Å². The first-order chi connectivity index (χ1) is 7.95. The quantitative estimate of drug-likeness (QED) is 0.622. The standard InChI is InChI=1S/C11H16ClN3O2/c1-4-11(3,6-17)15-10-8(5-16)9(12)13-7(2)14-10/h5,17H,4,6H2,1-3H3,(H,13,14,15). The van der Waals surface area contributed by atoms with Gasteiger partial charge in [-0.1, -0.05) is 18.5 Å². The third kappa shape index (κ3) is 3.14. The topological polar surface area (TPSA) is 75.1 Å². The summed E-state index contributed by atoms with van der Waals surface area (Å²) in [4.78, 5) is 19.0. The molecule has 5 nitrogen and oxygen atoms in total. The van der Waals surface area contributed by atoms with Gasteiger partial charge in [0, 0.05) is 0 Å². The van der Waals surface area contributed by atoms with Crippen LogP contribution in [0.1, 0.15) is 36.5 Å². The van der Waals surface area contributed by atoms with Crippen molar-refractivity contribution in [3.63, 3.8) is 0 Å². The fourth-order valence-electron chi connectivity index (χ4n) is 1.27. The van der Waals surface area contributed by atoms with E-state index in [0.717, 1.165) is 0 Å². The fourth-order valence-corrected chi connectivity index (χ4v) is 1.53. The van der Waals surface area contributed by atoms with E-state index >= 15 is 0 Å². The third-order valence-corrected chi connectivity index (χ3v) is 2.97. The highest BCUT2D eigenvalue weighted by atomic mass is 35.5. The van der Waals surface area contributed by atoms with Crippen molar-refractivity contribution in [3.8, 4) is 0 Å². The predicted octanol–water partition coefficient (Wildman–Crippen LogP) is 1.82. The van der Waals surface area contributed by atoms with Gasteiger partial charge in [0.1, 0.15) is 16.8 Å². The number of halogens is 1. The number of aryl methyl sites for hydroxylation is 1. The molecule has 1 rings (SSSR count). The number of aldehydes is 1. The van der Waals surface area contributed by atoms with Crippen molar-refractivity contribution in [2.24, 2.45) is 0 Å². The Kier molecular flexibility index (Phi) is 4.42. The molecule has 2 N–H and O–H groups in total. The van der Waals surface area contributed by atoms with Crippen molar-refractivity contribution in [3.05, 3.63) is 16.5 Å². The Hall–Kier alpha value is -1.20. The maximum absolute atomic E-state index is 11.0. The van der Waals surface area contributed by atoms with Crippen LogP contribution in [0, 0.1) is 6.92 Å². The van der Waals surface area contributed by atoms with Gasteiger partial charge in [-0.2, -0.15) is 0 Å². The number of aliphatic hydroxyl groups is 1. The zero-order chi connectivity index (χ0) is 13.1. The van der Waals surface area contributed by atoms with Crippen molar-refractivity contribution >= 4 is 23.7 Å². The van der Waals surface area contributed by atoms with Gasteiger partial charge in [0.25, 0.3) is 0 Å². The lowest BCUT2D eigenvalue weighted by atomic mass is 10.00. The van der Waals surface area contributed by atoms with E-state index in [2.05, 4.69) is 15.3 Å². The molecule has 0 aliphatic rings. The van der Waals surface area contributed by atoms with Crippen molar-refractivity contribution in [2.75, 3.05) is 11.9 Å². The molecule has 0 radical (unpaired) electrons. The summed E-state index contributed by atoms with van der Waals surface area (Å²) in [6, 6.07) is 0. The van der Waals surface area contributed by atoms with E-state index in [1.807, 2.05) is 13.8 Å². The largest absolute Gasteiger partial charge is 0.394 e. The average Bonchev–Trinajstić information content (AvgIpc) is 2.28. The van der Waals surface area contributed by atoms with Crippen LogP contribution in [0.15, 0.2) is 0 Å². The smallest absolute Gasteiger partial charge is 0.156 e. The van der Waals surface area contributed by atoms with Crippen LogP contribution in [0.4, 0.5) is 5.82 Å². The van der Waals surface area contributed by atoms with Gasteiger partial charge in [0.15, 0.2) is 6.29 Å². The molecule has 1 heterocycles. The van der Waals surface area contributed by atoms with Gasteiger partial charge < -0.3 is 10.4 Å². The molecule has 0 amide bonds. The van der Waals surface area contributed by atoms with Crippen molar-refractivity contribution in [2.45, 2.75) is 32.7 Å². The average molecular weight is 258 g/mol. The number of rotatable bonds is 5. The molecule has 0 bridgehead atoms. The first-order valence-electron chi connectivity index (χ1n) is 5.34. The second kappa shape index (κ2) is 5.42. The van der Waals surface area contributed by atoms with Crippen molar-refractivity contribution in [1.82, 2.24) is 9.97 Å². The highest BCUT2D eigenvalue weighted by Gasteiger charge is 2.23.